The Morgan fingerprint density at radius 3 is 2.81 bits per heavy atom. The molecule has 0 atom stereocenters. The fourth-order valence-electron chi connectivity index (χ4n) is 2.73. The first-order valence-corrected chi connectivity index (χ1v) is 8.13. The molecular formula is C16H18BrFN2O. The van der Waals surface area contributed by atoms with Gasteiger partial charge >= 0.3 is 0 Å². The van der Waals surface area contributed by atoms with E-state index >= 15 is 0 Å². The van der Waals surface area contributed by atoms with Gasteiger partial charge in [-0.15, -0.1) is 0 Å². The molecule has 0 aliphatic heterocycles. The minimum absolute atomic E-state index is 0.288. The Bertz CT molecular complexity index is 608. The van der Waals surface area contributed by atoms with Gasteiger partial charge in [0.25, 0.3) is 0 Å². The van der Waals surface area contributed by atoms with Gasteiger partial charge in [-0.25, -0.2) is 4.39 Å². The van der Waals surface area contributed by atoms with E-state index in [-0.39, 0.29) is 5.82 Å². The Morgan fingerprint density at radius 1 is 1.24 bits per heavy atom. The third-order valence-corrected chi connectivity index (χ3v) is 4.50. The molecule has 0 bridgehead atoms. The van der Waals surface area contributed by atoms with E-state index in [0.29, 0.717) is 22.9 Å². The van der Waals surface area contributed by atoms with Gasteiger partial charge in [-0.05, 0) is 53.0 Å². The molecule has 5 heteroatoms. The second-order valence-corrected chi connectivity index (χ2v) is 6.30. The van der Waals surface area contributed by atoms with E-state index < -0.39 is 0 Å². The van der Waals surface area contributed by atoms with Gasteiger partial charge in [0.2, 0.25) is 0 Å². The van der Waals surface area contributed by atoms with Crippen molar-refractivity contribution in [2.75, 3.05) is 0 Å². The minimum atomic E-state index is -0.288. The summed E-state index contributed by atoms with van der Waals surface area (Å²) in [6.45, 7) is 0.401. The van der Waals surface area contributed by atoms with Crippen LogP contribution in [0.15, 0.2) is 34.9 Å². The lowest BCUT2D eigenvalue weighted by Gasteiger charge is -2.21. The topological polar surface area (TPSA) is 27.1 Å². The van der Waals surface area contributed by atoms with Gasteiger partial charge in [0.05, 0.1) is 16.2 Å². The molecule has 1 aromatic heterocycles. The summed E-state index contributed by atoms with van der Waals surface area (Å²) in [5, 5.41) is 4.59. The lowest BCUT2D eigenvalue weighted by Crippen LogP contribution is -2.13. The molecule has 21 heavy (non-hydrogen) atoms. The van der Waals surface area contributed by atoms with E-state index in [9.17, 15) is 4.39 Å². The zero-order valence-electron chi connectivity index (χ0n) is 11.8. The molecule has 0 radical (unpaired) electrons. The standard InChI is InChI=1S/C16H18BrFN2O/c17-15-10-14(6-7-16(15)18)21-11-12-8-9-20(19-12)13-4-2-1-3-5-13/h6-10,13H,1-5,11H2. The molecule has 1 saturated carbocycles. The van der Waals surface area contributed by atoms with Crippen molar-refractivity contribution in [3.63, 3.8) is 0 Å². The first kappa shape index (κ1) is 14.6. The third kappa shape index (κ3) is 3.64. The fraction of sp³-hybridized carbons (Fsp3) is 0.438. The number of halogens is 2. The van der Waals surface area contributed by atoms with Crippen LogP contribution >= 0.6 is 15.9 Å². The maximum Gasteiger partial charge on any atom is 0.137 e. The first-order chi connectivity index (χ1) is 10.2. The van der Waals surface area contributed by atoms with Gasteiger partial charge < -0.3 is 4.74 Å². The summed E-state index contributed by atoms with van der Waals surface area (Å²) in [5.74, 6) is 0.347. The maximum absolute atomic E-state index is 13.2. The minimum Gasteiger partial charge on any atom is -0.487 e. The lowest BCUT2D eigenvalue weighted by molar-refractivity contribution is 0.290. The predicted molar refractivity (Wildman–Crippen MR) is 82.8 cm³/mol. The number of hydrogen-bond donors (Lipinski definition) is 0. The van der Waals surface area contributed by atoms with Crippen LogP contribution in [0.25, 0.3) is 0 Å². The SMILES string of the molecule is Fc1ccc(OCc2ccn(C3CCCCC3)n2)cc1Br. The highest BCUT2D eigenvalue weighted by atomic mass is 79.9. The summed E-state index contributed by atoms with van der Waals surface area (Å²) in [6.07, 6.45) is 8.39. The molecule has 1 fully saturated rings. The van der Waals surface area contributed by atoms with Crippen LogP contribution in [0.3, 0.4) is 0 Å². The molecule has 112 valence electrons. The van der Waals surface area contributed by atoms with Gasteiger partial charge in [0.1, 0.15) is 18.2 Å². The molecule has 0 unspecified atom stereocenters. The fourth-order valence-corrected chi connectivity index (χ4v) is 3.09. The van der Waals surface area contributed by atoms with Crippen LogP contribution in [0.4, 0.5) is 4.39 Å². The summed E-state index contributed by atoms with van der Waals surface area (Å²) in [6, 6.07) is 7.17. The molecule has 1 aromatic carbocycles. The van der Waals surface area contributed by atoms with E-state index in [1.165, 1.54) is 38.2 Å². The van der Waals surface area contributed by atoms with Crippen LogP contribution in [-0.2, 0) is 6.61 Å². The van der Waals surface area contributed by atoms with Crippen LogP contribution in [0.2, 0.25) is 0 Å². The monoisotopic (exact) mass is 352 g/mol. The van der Waals surface area contributed by atoms with E-state index in [1.807, 2.05) is 12.3 Å². The largest absolute Gasteiger partial charge is 0.487 e. The molecular weight excluding hydrogens is 335 g/mol. The van der Waals surface area contributed by atoms with E-state index in [0.717, 1.165) is 5.69 Å². The Morgan fingerprint density at radius 2 is 2.05 bits per heavy atom. The molecule has 1 aliphatic rings. The molecule has 1 heterocycles. The van der Waals surface area contributed by atoms with Crippen molar-refractivity contribution in [1.82, 2.24) is 9.78 Å². The van der Waals surface area contributed by atoms with E-state index in [1.54, 1.807) is 12.1 Å². The van der Waals surface area contributed by atoms with Crippen molar-refractivity contribution in [2.45, 2.75) is 44.8 Å². The second kappa shape index (κ2) is 6.60. The van der Waals surface area contributed by atoms with Gasteiger partial charge in [-0.2, -0.15) is 5.10 Å². The molecule has 0 amide bonds. The number of rotatable bonds is 4. The highest BCUT2D eigenvalue weighted by Gasteiger charge is 2.16. The number of benzene rings is 1. The quantitative estimate of drug-likeness (QED) is 0.784. The van der Waals surface area contributed by atoms with Crippen molar-refractivity contribution >= 4 is 15.9 Å². The predicted octanol–water partition coefficient (Wildman–Crippen LogP) is 4.87. The second-order valence-electron chi connectivity index (χ2n) is 5.44. The molecule has 0 spiro atoms. The van der Waals surface area contributed by atoms with Crippen molar-refractivity contribution in [2.24, 2.45) is 0 Å². The number of aromatic nitrogens is 2. The highest BCUT2D eigenvalue weighted by molar-refractivity contribution is 9.10. The highest BCUT2D eigenvalue weighted by Crippen LogP contribution is 2.27. The van der Waals surface area contributed by atoms with Gasteiger partial charge in [0.15, 0.2) is 0 Å². The van der Waals surface area contributed by atoms with Gasteiger partial charge in [-0.1, -0.05) is 19.3 Å². The smallest absolute Gasteiger partial charge is 0.137 e. The average Bonchev–Trinajstić information content (AvgIpc) is 2.98. The molecule has 2 aromatic rings. The van der Waals surface area contributed by atoms with Crippen LogP contribution in [0, 0.1) is 5.82 Å². The number of ether oxygens (including phenoxy) is 1. The number of nitrogens with zero attached hydrogens (tertiary/aromatic N) is 2. The summed E-state index contributed by atoms with van der Waals surface area (Å²) in [7, 11) is 0. The van der Waals surface area contributed by atoms with E-state index in [4.69, 9.17) is 4.74 Å². The van der Waals surface area contributed by atoms with Crippen molar-refractivity contribution in [3.05, 3.63) is 46.4 Å². The number of hydrogen-bond acceptors (Lipinski definition) is 2. The average molecular weight is 353 g/mol. The van der Waals surface area contributed by atoms with Crippen LogP contribution in [0.5, 0.6) is 5.75 Å². The Kier molecular flexibility index (Phi) is 4.58. The van der Waals surface area contributed by atoms with Crippen LogP contribution in [0.1, 0.15) is 43.8 Å². The Balaban J connectivity index is 1.60. The van der Waals surface area contributed by atoms with Gasteiger partial charge in [0, 0.05) is 6.20 Å². The van der Waals surface area contributed by atoms with Crippen LogP contribution in [-0.4, -0.2) is 9.78 Å². The zero-order valence-corrected chi connectivity index (χ0v) is 13.4. The van der Waals surface area contributed by atoms with Crippen molar-refractivity contribution < 1.29 is 9.13 Å². The molecule has 3 rings (SSSR count). The van der Waals surface area contributed by atoms with Crippen molar-refractivity contribution in [1.29, 1.82) is 0 Å². The molecule has 0 N–H and O–H groups in total. The third-order valence-electron chi connectivity index (χ3n) is 3.89. The first-order valence-electron chi connectivity index (χ1n) is 7.34. The summed E-state index contributed by atoms with van der Waals surface area (Å²) in [5.41, 5.74) is 0.904. The zero-order chi connectivity index (χ0) is 14.7. The van der Waals surface area contributed by atoms with Crippen LogP contribution < -0.4 is 4.74 Å². The summed E-state index contributed by atoms with van der Waals surface area (Å²) in [4.78, 5) is 0. The Labute approximate surface area is 132 Å². The lowest BCUT2D eigenvalue weighted by atomic mass is 9.96. The van der Waals surface area contributed by atoms with Gasteiger partial charge in [-0.3, -0.25) is 4.68 Å². The Hall–Kier alpha value is -1.36. The molecule has 0 saturated heterocycles. The summed E-state index contributed by atoms with van der Waals surface area (Å²) >= 11 is 3.15. The molecule has 1 aliphatic carbocycles. The maximum atomic E-state index is 13.2. The normalized spacial score (nSPS) is 16.1. The summed E-state index contributed by atoms with van der Waals surface area (Å²) < 4.78 is 21.3. The molecule has 3 nitrogen and oxygen atoms in total. The van der Waals surface area contributed by atoms with E-state index in [2.05, 4.69) is 25.7 Å². The van der Waals surface area contributed by atoms with Crippen molar-refractivity contribution in [3.8, 4) is 5.75 Å².